The van der Waals surface area contributed by atoms with E-state index in [1.54, 1.807) is 0 Å². The Morgan fingerprint density at radius 2 is 0.931 bits per heavy atom. The number of aromatic nitrogens is 5. The summed E-state index contributed by atoms with van der Waals surface area (Å²) in [6, 6.07) is 65.9. The van der Waals surface area contributed by atoms with E-state index < -0.39 is 0 Å². The highest BCUT2D eigenvalue weighted by Gasteiger charge is 2.23. The zero-order valence-electron chi connectivity index (χ0n) is 31.0. The Hall–Kier alpha value is -7.54. The molecule has 4 aromatic heterocycles. The molecule has 0 saturated carbocycles. The summed E-state index contributed by atoms with van der Waals surface area (Å²) in [5.74, 6) is 1.92. The van der Waals surface area contributed by atoms with Gasteiger partial charge in [-0.1, -0.05) is 152 Å². The van der Waals surface area contributed by atoms with Gasteiger partial charge in [-0.05, 0) is 57.9 Å². The fraction of sp³-hybridized carbons (Fsp3) is 0. The van der Waals surface area contributed by atoms with Gasteiger partial charge in [-0.15, -0.1) is 11.3 Å². The highest BCUT2D eigenvalue weighted by atomic mass is 32.1. The molecule has 0 spiro atoms. The predicted molar refractivity (Wildman–Crippen MR) is 242 cm³/mol. The highest BCUT2D eigenvalue weighted by molar-refractivity contribution is 7.26. The van der Waals surface area contributed by atoms with E-state index in [4.69, 9.17) is 19.9 Å². The second-order valence-electron chi connectivity index (χ2n) is 14.6. The SMILES string of the molecule is c1ccc(-c2nc3ccccc3c3c2sc2c3c3ccccc3n2-c2ccc(-c3nc(-c4cccc5ccccc45)nc(-c4cccc5ccccc45)n3)cc2)cc1. The second-order valence-corrected chi connectivity index (χ2v) is 15.6. The van der Waals surface area contributed by atoms with Gasteiger partial charge in [0, 0.05) is 49.5 Å². The summed E-state index contributed by atoms with van der Waals surface area (Å²) in [4.78, 5) is 22.0. The van der Waals surface area contributed by atoms with Crippen LogP contribution < -0.4 is 0 Å². The normalized spacial score (nSPS) is 11.8. The maximum Gasteiger partial charge on any atom is 0.164 e. The molecule has 12 aromatic rings. The van der Waals surface area contributed by atoms with Gasteiger partial charge in [0.25, 0.3) is 0 Å². The molecule has 0 aliphatic carbocycles. The fourth-order valence-electron chi connectivity index (χ4n) is 8.59. The molecule has 0 aliphatic heterocycles. The number of benzene rings is 8. The van der Waals surface area contributed by atoms with E-state index in [9.17, 15) is 0 Å². The van der Waals surface area contributed by atoms with Crippen LogP contribution in [0, 0.1) is 0 Å². The van der Waals surface area contributed by atoms with Crippen LogP contribution >= 0.6 is 11.3 Å². The molecule has 0 aliphatic rings. The summed E-state index contributed by atoms with van der Waals surface area (Å²) in [7, 11) is 0. The topological polar surface area (TPSA) is 56.5 Å². The smallest absolute Gasteiger partial charge is 0.164 e. The number of para-hydroxylation sites is 2. The Morgan fingerprint density at radius 1 is 0.379 bits per heavy atom. The average molecular weight is 758 g/mol. The number of nitrogens with zero attached hydrogens (tertiary/aromatic N) is 5. The van der Waals surface area contributed by atoms with Gasteiger partial charge in [0.1, 0.15) is 4.83 Å². The first kappa shape index (κ1) is 32.7. The molecule has 0 atom stereocenters. The number of thiophene rings is 1. The standard InChI is InChI=1S/C52H31N5S/c1-2-16-34(17-3-1)47-48-45(41-22-8-10-26-43(41)53-47)46-42-23-9-11-27-44(42)57(52(46)58-48)36-30-28-35(29-31-36)49-54-50(39-24-12-18-32-14-4-6-20-37(32)39)56-51(55-49)40-25-13-19-33-15-5-7-21-38(33)40/h1-31H. The minimum Gasteiger partial charge on any atom is -0.301 e. The van der Waals surface area contributed by atoms with Crippen LogP contribution in [0.4, 0.5) is 0 Å². The number of fused-ring (bicyclic) bond motifs is 9. The van der Waals surface area contributed by atoms with Crippen molar-refractivity contribution in [2.24, 2.45) is 0 Å². The van der Waals surface area contributed by atoms with Crippen LogP contribution in [0.25, 0.3) is 115 Å². The van der Waals surface area contributed by atoms with E-state index in [1.807, 2.05) is 11.3 Å². The van der Waals surface area contributed by atoms with Gasteiger partial charge < -0.3 is 4.57 Å². The third-order valence-corrected chi connectivity index (χ3v) is 12.4. The van der Waals surface area contributed by atoms with E-state index in [2.05, 4.69) is 193 Å². The molecular formula is C52H31N5S. The third kappa shape index (κ3) is 5.09. The molecule has 0 unspecified atom stereocenters. The van der Waals surface area contributed by atoms with Crippen molar-refractivity contribution >= 4 is 75.0 Å². The molecule has 0 saturated heterocycles. The monoisotopic (exact) mass is 757 g/mol. The van der Waals surface area contributed by atoms with Crippen LogP contribution in [-0.4, -0.2) is 24.5 Å². The molecule has 4 heterocycles. The highest BCUT2D eigenvalue weighted by Crippen LogP contribution is 2.47. The van der Waals surface area contributed by atoms with Crippen molar-refractivity contribution in [3.8, 4) is 51.1 Å². The lowest BCUT2D eigenvalue weighted by Crippen LogP contribution is -2.01. The maximum atomic E-state index is 5.25. The van der Waals surface area contributed by atoms with E-state index >= 15 is 0 Å². The van der Waals surface area contributed by atoms with Crippen molar-refractivity contribution in [1.82, 2.24) is 24.5 Å². The summed E-state index contributed by atoms with van der Waals surface area (Å²) < 4.78 is 3.59. The van der Waals surface area contributed by atoms with Crippen molar-refractivity contribution in [3.63, 3.8) is 0 Å². The summed E-state index contributed by atoms with van der Waals surface area (Å²) in [5.41, 5.74) is 8.23. The minimum absolute atomic E-state index is 0.627. The molecule has 0 N–H and O–H groups in total. The van der Waals surface area contributed by atoms with Crippen molar-refractivity contribution < 1.29 is 0 Å². The van der Waals surface area contributed by atoms with Crippen molar-refractivity contribution in [1.29, 1.82) is 0 Å². The van der Waals surface area contributed by atoms with Gasteiger partial charge in [0.05, 0.1) is 21.4 Å². The van der Waals surface area contributed by atoms with Gasteiger partial charge in [-0.25, -0.2) is 19.9 Å². The predicted octanol–water partition coefficient (Wildman–Crippen LogP) is 13.7. The van der Waals surface area contributed by atoms with Gasteiger partial charge in [0.15, 0.2) is 17.5 Å². The van der Waals surface area contributed by atoms with Crippen LogP contribution in [0.5, 0.6) is 0 Å². The van der Waals surface area contributed by atoms with Crippen LogP contribution in [-0.2, 0) is 0 Å². The zero-order chi connectivity index (χ0) is 38.2. The molecule has 0 fully saturated rings. The molecule has 5 nitrogen and oxygen atoms in total. The third-order valence-electron chi connectivity index (χ3n) is 11.3. The number of pyridine rings is 1. The molecule has 58 heavy (non-hydrogen) atoms. The Morgan fingerprint density at radius 3 is 1.62 bits per heavy atom. The first-order valence-electron chi connectivity index (χ1n) is 19.4. The largest absolute Gasteiger partial charge is 0.301 e. The molecule has 0 radical (unpaired) electrons. The summed E-state index contributed by atoms with van der Waals surface area (Å²) in [6.07, 6.45) is 0. The summed E-state index contributed by atoms with van der Waals surface area (Å²) in [6.45, 7) is 0. The van der Waals surface area contributed by atoms with Crippen molar-refractivity contribution in [2.75, 3.05) is 0 Å². The number of rotatable bonds is 5. The fourth-order valence-corrected chi connectivity index (χ4v) is 9.96. The molecule has 0 amide bonds. The van der Waals surface area contributed by atoms with Gasteiger partial charge in [-0.3, -0.25) is 0 Å². The first-order chi connectivity index (χ1) is 28.8. The average Bonchev–Trinajstić information content (AvgIpc) is 3.84. The lowest BCUT2D eigenvalue weighted by molar-refractivity contribution is 1.08. The number of hydrogen-bond acceptors (Lipinski definition) is 5. The molecular weight excluding hydrogens is 727 g/mol. The van der Waals surface area contributed by atoms with Crippen LogP contribution in [0.2, 0.25) is 0 Å². The molecule has 0 bridgehead atoms. The van der Waals surface area contributed by atoms with E-state index in [-0.39, 0.29) is 0 Å². The van der Waals surface area contributed by atoms with E-state index in [0.717, 1.165) is 66.2 Å². The number of hydrogen-bond donors (Lipinski definition) is 0. The molecule has 6 heteroatoms. The zero-order valence-corrected chi connectivity index (χ0v) is 31.9. The van der Waals surface area contributed by atoms with Gasteiger partial charge >= 0.3 is 0 Å². The maximum absolute atomic E-state index is 5.25. The van der Waals surface area contributed by atoms with Crippen molar-refractivity contribution in [3.05, 3.63) is 188 Å². The summed E-state index contributed by atoms with van der Waals surface area (Å²) >= 11 is 1.81. The molecule has 270 valence electrons. The van der Waals surface area contributed by atoms with Gasteiger partial charge in [0.2, 0.25) is 0 Å². The summed E-state index contributed by atoms with van der Waals surface area (Å²) in [5, 5.41) is 9.39. The Kier molecular flexibility index (Phi) is 7.33. The van der Waals surface area contributed by atoms with E-state index in [1.165, 1.54) is 31.1 Å². The van der Waals surface area contributed by atoms with Crippen LogP contribution in [0.15, 0.2) is 188 Å². The van der Waals surface area contributed by atoms with Crippen molar-refractivity contribution in [2.45, 2.75) is 0 Å². The minimum atomic E-state index is 0.627. The van der Waals surface area contributed by atoms with E-state index in [0.29, 0.717) is 17.5 Å². The Bertz CT molecular complexity index is 3460. The quantitative estimate of drug-likeness (QED) is 0.175. The molecule has 12 rings (SSSR count). The van der Waals surface area contributed by atoms with Crippen LogP contribution in [0.1, 0.15) is 0 Å². The lowest BCUT2D eigenvalue weighted by Gasteiger charge is -2.12. The van der Waals surface area contributed by atoms with Crippen LogP contribution in [0.3, 0.4) is 0 Å². The first-order valence-corrected chi connectivity index (χ1v) is 20.2. The lowest BCUT2D eigenvalue weighted by atomic mass is 10.0. The Labute approximate surface area is 337 Å². The second kappa shape index (κ2) is 13.0. The van der Waals surface area contributed by atoms with Gasteiger partial charge in [-0.2, -0.15) is 0 Å². The molecule has 8 aromatic carbocycles. The Balaban J connectivity index is 1.06.